The maximum Gasteiger partial charge on any atom is 0.0881 e. The first-order valence-electron chi connectivity index (χ1n) is 3.91. The van der Waals surface area contributed by atoms with Crippen LogP contribution in [0, 0.1) is 0 Å². The standard InChI is InChI=1S/C9H17FO/c1-5-8(6-10)7-11-9(2,3)4/h6H,5,7H2,1-4H3. The summed E-state index contributed by atoms with van der Waals surface area (Å²) < 4.78 is 17.4. The smallest absolute Gasteiger partial charge is 0.0881 e. The first-order chi connectivity index (χ1) is 4.99. The molecule has 0 spiro atoms. The van der Waals surface area contributed by atoms with Crippen molar-refractivity contribution in [3.8, 4) is 0 Å². The molecule has 0 aromatic heterocycles. The molecular formula is C9H17FO. The molecule has 0 aliphatic heterocycles. The molecule has 0 fully saturated rings. The fourth-order valence-corrected chi connectivity index (χ4v) is 0.520. The van der Waals surface area contributed by atoms with Crippen molar-refractivity contribution >= 4 is 0 Å². The van der Waals surface area contributed by atoms with Crippen LogP contribution in [-0.4, -0.2) is 12.2 Å². The summed E-state index contributed by atoms with van der Waals surface area (Å²) >= 11 is 0. The molecule has 0 unspecified atom stereocenters. The summed E-state index contributed by atoms with van der Waals surface area (Å²) in [6.07, 6.45) is 1.35. The minimum atomic E-state index is -0.177. The molecule has 2 heteroatoms. The number of ether oxygens (including phenoxy) is 1. The highest BCUT2D eigenvalue weighted by Crippen LogP contribution is 2.10. The number of rotatable bonds is 3. The first-order valence-corrected chi connectivity index (χ1v) is 3.91. The van der Waals surface area contributed by atoms with Gasteiger partial charge in [0.1, 0.15) is 0 Å². The second-order valence-electron chi connectivity index (χ2n) is 3.52. The Morgan fingerprint density at radius 1 is 1.45 bits per heavy atom. The minimum Gasteiger partial charge on any atom is -0.371 e. The summed E-state index contributed by atoms with van der Waals surface area (Å²) in [7, 11) is 0. The van der Waals surface area contributed by atoms with Crippen LogP contribution in [0.5, 0.6) is 0 Å². The summed E-state index contributed by atoms with van der Waals surface area (Å²) in [6.45, 7) is 8.18. The van der Waals surface area contributed by atoms with Crippen LogP contribution in [0.1, 0.15) is 34.1 Å². The Hall–Kier alpha value is -0.370. The van der Waals surface area contributed by atoms with Gasteiger partial charge < -0.3 is 4.74 Å². The van der Waals surface area contributed by atoms with Crippen LogP contribution in [0.15, 0.2) is 11.9 Å². The molecule has 0 atom stereocenters. The van der Waals surface area contributed by atoms with Crippen molar-refractivity contribution in [2.75, 3.05) is 6.61 Å². The highest BCUT2D eigenvalue weighted by Gasteiger charge is 2.10. The van der Waals surface area contributed by atoms with E-state index in [1.54, 1.807) is 0 Å². The molecule has 66 valence electrons. The number of halogens is 1. The monoisotopic (exact) mass is 160 g/mol. The second kappa shape index (κ2) is 4.50. The van der Waals surface area contributed by atoms with E-state index in [1.807, 2.05) is 27.7 Å². The van der Waals surface area contributed by atoms with E-state index in [-0.39, 0.29) is 5.60 Å². The average Bonchev–Trinajstić information content (AvgIpc) is 1.88. The molecule has 0 aliphatic rings. The van der Waals surface area contributed by atoms with E-state index in [4.69, 9.17) is 4.74 Å². The zero-order valence-corrected chi connectivity index (χ0v) is 7.78. The lowest BCUT2D eigenvalue weighted by Gasteiger charge is -2.19. The van der Waals surface area contributed by atoms with E-state index in [1.165, 1.54) is 0 Å². The third-order valence-corrected chi connectivity index (χ3v) is 1.30. The highest BCUT2D eigenvalue weighted by atomic mass is 19.1. The van der Waals surface area contributed by atoms with Crippen molar-refractivity contribution in [2.45, 2.75) is 39.7 Å². The molecule has 11 heavy (non-hydrogen) atoms. The summed E-state index contributed by atoms with van der Waals surface area (Å²) in [5.74, 6) is 0. The van der Waals surface area contributed by atoms with Crippen molar-refractivity contribution in [3.63, 3.8) is 0 Å². The van der Waals surface area contributed by atoms with Gasteiger partial charge in [0.05, 0.1) is 18.5 Å². The summed E-state index contributed by atoms with van der Waals surface area (Å²) in [5, 5.41) is 0. The molecule has 1 nitrogen and oxygen atoms in total. The van der Waals surface area contributed by atoms with Crippen LogP contribution in [-0.2, 0) is 4.74 Å². The zero-order chi connectivity index (χ0) is 8.91. The molecule has 0 bridgehead atoms. The maximum atomic E-state index is 12.0. The normalized spacial score (nSPS) is 13.7. The van der Waals surface area contributed by atoms with Gasteiger partial charge in [0.2, 0.25) is 0 Å². The Kier molecular flexibility index (Phi) is 4.34. The van der Waals surface area contributed by atoms with Gasteiger partial charge in [-0.25, -0.2) is 4.39 Å². The van der Waals surface area contributed by atoms with Crippen LogP contribution >= 0.6 is 0 Å². The molecule has 0 aliphatic carbocycles. The topological polar surface area (TPSA) is 9.23 Å². The van der Waals surface area contributed by atoms with Crippen molar-refractivity contribution in [2.24, 2.45) is 0 Å². The predicted molar refractivity (Wildman–Crippen MR) is 45.2 cm³/mol. The van der Waals surface area contributed by atoms with Crippen molar-refractivity contribution in [1.29, 1.82) is 0 Å². The molecule has 0 heterocycles. The molecule has 0 amide bonds. The molecule has 0 saturated heterocycles. The largest absolute Gasteiger partial charge is 0.371 e. The lowest BCUT2D eigenvalue weighted by atomic mass is 10.2. The Balaban J connectivity index is 3.70. The quantitative estimate of drug-likeness (QED) is 0.616. The van der Waals surface area contributed by atoms with Crippen LogP contribution in [0.25, 0.3) is 0 Å². The fraction of sp³-hybridized carbons (Fsp3) is 0.778. The van der Waals surface area contributed by atoms with Gasteiger partial charge in [-0.2, -0.15) is 0 Å². The van der Waals surface area contributed by atoms with Gasteiger partial charge in [-0.3, -0.25) is 0 Å². The van der Waals surface area contributed by atoms with Crippen LogP contribution in [0.2, 0.25) is 0 Å². The lowest BCUT2D eigenvalue weighted by molar-refractivity contribution is 0.00991. The minimum absolute atomic E-state index is 0.177. The zero-order valence-electron chi connectivity index (χ0n) is 7.78. The molecule has 0 aromatic rings. The molecule has 0 aromatic carbocycles. The van der Waals surface area contributed by atoms with Gasteiger partial charge in [-0.05, 0) is 32.8 Å². The molecule has 0 rings (SSSR count). The van der Waals surface area contributed by atoms with Gasteiger partial charge in [0.25, 0.3) is 0 Å². The summed E-state index contributed by atoms with van der Waals surface area (Å²) in [5.41, 5.74) is 0.531. The van der Waals surface area contributed by atoms with Gasteiger partial charge in [0, 0.05) is 0 Å². The maximum absolute atomic E-state index is 12.0. The van der Waals surface area contributed by atoms with E-state index in [9.17, 15) is 4.39 Å². The molecular weight excluding hydrogens is 143 g/mol. The Labute approximate surface area is 68.2 Å². The average molecular weight is 160 g/mol. The van der Waals surface area contributed by atoms with Gasteiger partial charge in [-0.1, -0.05) is 6.92 Å². The second-order valence-corrected chi connectivity index (χ2v) is 3.52. The highest BCUT2D eigenvalue weighted by molar-refractivity contribution is 4.96. The van der Waals surface area contributed by atoms with Crippen molar-refractivity contribution in [3.05, 3.63) is 11.9 Å². The number of hydrogen-bond acceptors (Lipinski definition) is 1. The SMILES string of the molecule is CCC(=CF)COC(C)(C)C. The Bertz CT molecular complexity index is 133. The van der Waals surface area contributed by atoms with E-state index in [0.29, 0.717) is 24.9 Å². The van der Waals surface area contributed by atoms with Crippen LogP contribution in [0.4, 0.5) is 4.39 Å². The Morgan fingerprint density at radius 2 is 2.00 bits per heavy atom. The number of hydrogen-bond donors (Lipinski definition) is 0. The van der Waals surface area contributed by atoms with E-state index >= 15 is 0 Å². The molecule has 0 N–H and O–H groups in total. The fourth-order valence-electron chi connectivity index (χ4n) is 0.520. The third-order valence-electron chi connectivity index (χ3n) is 1.30. The predicted octanol–water partition coefficient (Wildman–Crippen LogP) is 3.06. The third kappa shape index (κ3) is 6.05. The first kappa shape index (κ1) is 10.6. The van der Waals surface area contributed by atoms with Gasteiger partial charge in [0.15, 0.2) is 0 Å². The molecule has 0 saturated carbocycles. The van der Waals surface area contributed by atoms with E-state index < -0.39 is 0 Å². The summed E-state index contributed by atoms with van der Waals surface area (Å²) in [4.78, 5) is 0. The molecule has 0 radical (unpaired) electrons. The van der Waals surface area contributed by atoms with Crippen LogP contribution in [0.3, 0.4) is 0 Å². The van der Waals surface area contributed by atoms with Crippen molar-refractivity contribution < 1.29 is 9.13 Å². The van der Waals surface area contributed by atoms with Gasteiger partial charge in [-0.15, -0.1) is 0 Å². The van der Waals surface area contributed by atoms with E-state index in [0.717, 1.165) is 0 Å². The van der Waals surface area contributed by atoms with Crippen molar-refractivity contribution in [1.82, 2.24) is 0 Å². The summed E-state index contributed by atoms with van der Waals surface area (Å²) in [6, 6.07) is 0. The van der Waals surface area contributed by atoms with Gasteiger partial charge >= 0.3 is 0 Å². The Morgan fingerprint density at radius 3 is 2.27 bits per heavy atom. The van der Waals surface area contributed by atoms with Crippen LogP contribution < -0.4 is 0 Å². The lowest BCUT2D eigenvalue weighted by Crippen LogP contribution is -2.20. The van der Waals surface area contributed by atoms with E-state index in [2.05, 4.69) is 0 Å².